The van der Waals surface area contributed by atoms with Crippen molar-refractivity contribution in [3.05, 3.63) is 35.6 Å². The lowest BCUT2D eigenvalue weighted by Crippen LogP contribution is -2.33. The van der Waals surface area contributed by atoms with Crippen molar-refractivity contribution in [2.45, 2.75) is 18.8 Å². The van der Waals surface area contributed by atoms with Gasteiger partial charge < -0.3 is 4.90 Å². The van der Waals surface area contributed by atoms with Crippen LogP contribution in [0.3, 0.4) is 0 Å². The van der Waals surface area contributed by atoms with Crippen LogP contribution in [-0.4, -0.2) is 30.1 Å². The number of carbonyl (C=O) groups is 1. The van der Waals surface area contributed by atoms with Crippen LogP contribution in [-0.2, 0) is 4.79 Å². The Hall–Kier alpha value is -1.63. The molecule has 1 aromatic carbocycles. The summed E-state index contributed by atoms with van der Waals surface area (Å²) in [6, 6.07) is 5.32. The molecule has 1 atom stereocenters. The minimum Gasteiger partial charge on any atom is -0.321 e. The number of rotatable bonds is 3. The number of hydrogen-bond acceptors (Lipinski definition) is 2. The molecular formula is C12H12F4N2O. The van der Waals surface area contributed by atoms with Crippen molar-refractivity contribution in [1.82, 2.24) is 10.2 Å². The predicted molar refractivity (Wildman–Crippen MR) is 59.5 cm³/mol. The first-order valence-corrected chi connectivity index (χ1v) is 5.72. The third kappa shape index (κ3) is 3.44. The summed E-state index contributed by atoms with van der Waals surface area (Å²) in [7, 11) is 0. The summed E-state index contributed by atoms with van der Waals surface area (Å²) in [5, 5.41) is 2.82. The maximum absolute atomic E-state index is 12.8. The van der Waals surface area contributed by atoms with Gasteiger partial charge >= 0.3 is 6.18 Å². The minimum absolute atomic E-state index is 0.0140. The molecule has 1 unspecified atom stereocenters. The normalized spacial score (nSPS) is 20.1. The van der Waals surface area contributed by atoms with E-state index in [0.717, 1.165) is 4.90 Å². The highest BCUT2D eigenvalue weighted by molar-refractivity contribution is 5.80. The highest BCUT2D eigenvalue weighted by Crippen LogP contribution is 2.26. The third-order valence-electron chi connectivity index (χ3n) is 2.90. The van der Waals surface area contributed by atoms with Gasteiger partial charge in [-0.15, -0.1) is 0 Å². The number of halogens is 4. The molecule has 3 nitrogen and oxygen atoms in total. The van der Waals surface area contributed by atoms with Gasteiger partial charge in [0, 0.05) is 6.54 Å². The van der Waals surface area contributed by atoms with Gasteiger partial charge in [-0.3, -0.25) is 10.1 Å². The summed E-state index contributed by atoms with van der Waals surface area (Å²) >= 11 is 0. The largest absolute Gasteiger partial charge is 0.390 e. The monoisotopic (exact) mass is 276 g/mol. The molecule has 7 heteroatoms. The van der Waals surface area contributed by atoms with E-state index < -0.39 is 37.0 Å². The lowest BCUT2D eigenvalue weighted by atomic mass is 10.1. The molecular weight excluding hydrogens is 264 g/mol. The Bertz CT molecular complexity index is 458. The molecule has 1 amide bonds. The van der Waals surface area contributed by atoms with E-state index in [9.17, 15) is 22.4 Å². The smallest absolute Gasteiger partial charge is 0.321 e. The van der Waals surface area contributed by atoms with Crippen molar-refractivity contribution in [3.63, 3.8) is 0 Å². The van der Waals surface area contributed by atoms with Crippen molar-refractivity contribution in [2.24, 2.45) is 0 Å². The molecule has 1 aliphatic rings. The molecule has 2 rings (SSSR count). The van der Waals surface area contributed by atoms with Gasteiger partial charge in [-0.05, 0) is 17.7 Å². The summed E-state index contributed by atoms with van der Waals surface area (Å²) in [5.41, 5.74) is 0.564. The lowest BCUT2D eigenvalue weighted by molar-refractivity contribution is -0.144. The zero-order valence-corrected chi connectivity index (χ0v) is 9.88. The lowest BCUT2D eigenvalue weighted by Gasteiger charge is -2.25. The van der Waals surface area contributed by atoms with Crippen LogP contribution in [0.25, 0.3) is 0 Å². The molecule has 1 aliphatic heterocycles. The Labute approximate surface area is 107 Å². The minimum atomic E-state index is -4.31. The Morgan fingerprint density at radius 2 is 1.89 bits per heavy atom. The van der Waals surface area contributed by atoms with E-state index in [1.54, 1.807) is 0 Å². The highest BCUT2D eigenvalue weighted by atomic mass is 19.4. The highest BCUT2D eigenvalue weighted by Gasteiger charge is 2.35. The molecule has 1 aromatic rings. The zero-order chi connectivity index (χ0) is 14.0. The molecule has 104 valence electrons. The quantitative estimate of drug-likeness (QED) is 0.858. The Morgan fingerprint density at radius 3 is 2.47 bits per heavy atom. The van der Waals surface area contributed by atoms with Crippen LogP contribution in [0.5, 0.6) is 0 Å². The average molecular weight is 276 g/mol. The summed E-state index contributed by atoms with van der Waals surface area (Å²) in [6.45, 7) is -0.419. The number of carbonyl (C=O) groups excluding carboxylic acids is 1. The fourth-order valence-corrected chi connectivity index (χ4v) is 1.98. The Morgan fingerprint density at radius 1 is 1.26 bits per heavy atom. The van der Waals surface area contributed by atoms with Gasteiger partial charge in [0.05, 0.1) is 13.0 Å². The summed E-state index contributed by atoms with van der Waals surface area (Å²) in [4.78, 5) is 12.7. The van der Waals surface area contributed by atoms with Crippen LogP contribution in [0, 0.1) is 5.82 Å². The van der Waals surface area contributed by atoms with Crippen LogP contribution in [0.4, 0.5) is 17.6 Å². The number of alkyl halides is 3. The van der Waals surface area contributed by atoms with E-state index in [1.807, 2.05) is 0 Å². The number of nitrogens with one attached hydrogen (secondary N) is 1. The van der Waals surface area contributed by atoms with E-state index in [1.165, 1.54) is 24.3 Å². The summed E-state index contributed by atoms with van der Waals surface area (Å²) in [5.74, 6) is -0.825. The second-order valence-electron chi connectivity index (χ2n) is 4.29. The molecule has 0 saturated carbocycles. The van der Waals surface area contributed by atoms with Gasteiger partial charge in [-0.1, -0.05) is 12.1 Å². The molecule has 1 heterocycles. The molecule has 0 radical (unpaired) electrons. The second kappa shape index (κ2) is 5.16. The van der Waals surface area contributed by atoms with Crippen LogP contribution < -0.4 is 5.32 Å². The van der Waals surface area contributed by atoms with Gasteiger partial charge in [-0.2, -0.15) is 13.2 Å². The molecule has 0 bridgehead atoms. The number of benzene rings is 1. The van der Waals surface area contributed by atoms with Crippen LogP contribution in [0.2, 0.25) is 0 Å². The molecule has 19 heavy (non-hydrogen) atoms. The predicted octanol–water partition coefficient (Wildman–Crippen LogP) is 2.21. The fourth-order valence-electron chi connectivity index (χ4n) is 1.98. The Balaban J connectivity index is 2.11. The van der Waals surface area contributed by atoms with Crippen molar-refractivity contribution in [1.29, 1.82) is 0 Å². The third-order valence-corrected chi connectivity index (χ3v) is 2.90. The first-order chi connectivity index (χ1) is 8.87. The summed E-state index contributed by atoms with van der Waals surface area (Å²) in [6.07, 6.45) is -6.00. The van der Waals surface area contributed by atoms with E-state index in [4.69, 9.17) is 0 Å². The number of nitrogens with zero attached hydrogens (tertiary/aromatic N) is 1. The van der Waals surface area contributed by atoms with Crippen molar-refractivity contribution in [3.8, 4) is 0 Å². The van der Waals surface area contributed by atoms with Crippen molar-refractivity contribution < 1.29 is 22.4 Å². The molecule has 0 aliphatic carbocycles. The van der Waals surface area contributed by atoms with Gasteiger partial charge in [0.2, 0.25) is 5.91 Å². The fraction of sp³-hybridized carbons (Fsp3) is 0.417. The number of amides is 1. The van der Waals surface area contributed by atoms with Gasteiger partial charge in [0.1, 0.15) is 12.0 Å². The molecule has 0 aromatic heterocycles. The average Bonchev–Trinajstić information content (AvgIpc) is 2.68. The molecule has 1 fully saturated rings. The first-order valence-electron chi connectivity index (χ1n) is 5.72. The van der Waals surface area contributed by atoms with E-state index >= 15 is 0 Å². The van der Waals surface area contributed by atoms with E-state index in [2.05, 4.69) is 5.32 Å². The summed E-state index contributed by atoms with van der Waals surface area (Å²) < 4.78 is 49.4. The van der Waals surface area contributed by atoms with Gasteiger partial charge in [-0.25, -0.2) is 4.39 Å². The SMILES string of the molecule is O=C1CNC(c2ccc(F)cc2)N1CCC(F)(F)F. The van der Waals surface area contributed by atoms with Crippen LogP contribution >= 0.6 is 0 Å². The molecule has 0 spiro atoms. The van der Waals surface area contributed by atoms with E-state index in [-0.39, 0.29) is 6.54 Å². The van der Waals surface area contributed by atoms with Gasteiger partial charge in [0.25, 0.3) is 0 Å². The second-order valence-corrected chi connectivity index (χ2v) is 4.29. The first kappa shape index (κ1) is 13.8. The zero-order valence-electron chi connectivity index (χ0n) is 9.88. The number of hydrogen-bond donors (Lipinski definition) is 1. The standard InChI is InChI=1S/C12H12F4N2O/c13-9-3-1-8(2-4-9)11-17-7-10(19)18(11)6-5-12(14,15)16/h1-4,11,17H,5-7H2. The van der Waals surface area contributed by atoms with Crippen molar-refractivity contribution >= 4 is 5.91 Å². The van der Waals surface area contributed by atoms with Crippen molar-refractivity contribution in [2.75, 3.05) is 13.1 Å². The molecule has 1 saturated heterocycles. The van der Waals surface area contributed by atoms with Gasteiger partial charge in [0.15, 0.2) is 0 Å². The molecule has 1 N–H and O–H groups in total. The maximum Gasteiger partial charge on any atom is 0.390 e. The van der Waals surface area contributed by atoms with Crippen LogP contribution in [0.15, 0.2) is 24.3 Å². The Kier molecular flexibility index (Phi) is 3.75. The van der Waals surface area contributed by atoms with E-state index in [0.29, 0.717) is 5.56 Å². The van der Waals surface area contributed by atoms with Crippen LogP contribution in [0.1, 0.15) is 18.2 Å². The topological polar surface area (TPSA) is 32.3 Å². The maximum atomic E-state index is 12.8.